The van der Waals surface area contributed by atoms with Crippen LogP contribution in [0.15, 0.2) is 72.9 Å². The number of carbonyl (C=O) groups excluding carboxylic acids is 2. The number of aromatic nitrogens is 4. The quantitative estimate of drug-likeness (QED) is 0.326. The number of aldehydes is 1. The van der Waals surface area contributed by atoms with E-state index in [4.69, 9.17) is 15.7 Å². The van der Waals surface area contributed by atoms with E-state index in [2.05, 4.69) is 4.98 Å². The zero-order valence-electron chi connectivity index (χ0n) is 21.2. The molecule has 0 aliphatic carbocycles. The average molecular weight is 538 g/mol. The predicted molar refractivity (Wildman–Crippen MR) is 148 cm³/mol. The van der Waals surface area contributed by atoms with Gasteiger partial charge in [-0.1, -0.05) is 12.1 Å². The number of nitrogens with zero attached hydrogens (tertiary/aromatic N) is 6. The smallest absolute Gasteiger partial charge is 0.254 e. The van der Waals surface area contributed by atoms with Crippen LogP contribution in [0, 0.1) is 5.82 Å². The number of hydrogen-bond acceptors (Lipinski definition) is 8. The number of benzene rings is 2. The number of piperazine rings is 1. The second-order valence-electron chi connectivity index (χ2n) is 9.37. The van der Waals surface area contributed by atoms with Gasteiger partial charge in [0.2, 0.25) is 0 Å². The van der Waals surface area contributed by atoms with Gasteiger partial charge >= 0.3 is 0 Å². The first kappa shape index (κ1) is 25.0. The van der Waals surface area contributed by atoms with Crippen molar-refractivity contribution in [2.24, 2.45) is 0 Å². The van der Waals surface area contributed by atoms with Gasteiger partial charge in [0.05, 0.1) is 29.9 Å². The minimum absolute atomic E-state index is 0.0632. The summed E-state index contributed by atoms with van der Waals surface area (Å²) in [6.45, 7) is 1.69. The van der Waals surface area contributed by atoms with Crippen molar-refractivity contribution in [1.29, 1.82) is 0 Å². The van der Waals surface area contributed by atoms with E-state index < -0.39 is 0 Å². The Morgan fingerprint density at radius 2 is 1.80 bits per heavy atom. The number of amides is 1. The lowest BCUT2D eigenvalue weighted by Crippen LogP contribution is -2.53. The van der Waals surface area contributed by atoms with E-state index in [-0.39, 0.29) is 23.0 Å². The molecule has 5 aromatic rings. The van der Waals surface area contributed by atoms with Crippen LogP contribution in [0.1, 0.15) is 20.7 Å². The van der Waals surface area contributed by atoms with Gasteiger partial charge < -0.3 is 20.7 Å². The van der Waals surface area contributed by atoms with Gasteiger partial charge in [0.15, 0.2) is 17.8 Å². The number of aromatic hydroxyl groups is 1. The van der Waals surface area contributed by atoms with Crippen LogP contribution in [0.4, 0.5) is 10.2 Å². The molecule has 6 rings (SSSR count). The van der Waals surface area contributed by atoms with Crippen molar-refractivity contribution in [3.05, 3.63) is 89.9 Å². The summed E-state index contributed by atoms with van der Waals surface area (Å²) in [6, 6.07) is 17.7. The van der Waals surface area contributed by atoms with E-state index in [9.17, 15) is 19.1 Å². The highest BCUT2D eigenvalue weighted by Gasteiger charge is 2.27. The number of rotatable bonds is 5. The minimum atomic E-state index is -0.355. The van der Waals surface area contributed by atoms with E-state index in [0.29, 0.717) is 77.7 Å². The molecule has 1 aliphatic heterocycles. The van der Waals surface area contributed by atoms with Crippen LogP contribution in [0.25, 0.3) is 33.8 Å². The van der Waals surface area contributed by atoms with Crippen molar-refractivity contribution in [1.82, 2.24) is 24.5 Å². The van der Waals surface area contributed by atoms with Gasteiger partial charge in [-0.25, -0.2) is 24.0 Å². The Kier molecular flexibility index (Phi) is 6.31. The summed E-state index contributed by atoms with van der Waals surface area (Å²) in [7, 11) is 0. The molecule has 0 bridgehead atoms. The molecule has 40 heavy (non-hydrogen) atoms. The summed E-state index contributed by atoms with van der Waals surface area (Å²) >= 11 is 0. The lowest BCUT2D eigenvalue weighted by atomic mass is 10.1. The molecule has 3 aromatic heterocycles. The number of hydrogen-bond donors (Lipinski definition) is 2. The van der Waals surface area contributed by atoms with Crippen molar-refractivity contribution in [2.75, 3.05) is 36.9 Å². The van der Waals surface area contributed by atoms with Crippen molar-refractivity contribution < 1.29 is 19.1 Å². The molecular weight excluding hydrogens is 513 g/mol. The van der Waals surface area contributed by atoms with E-state index in [1.54, 1.807) is 35.4 Å². The van der Waals surface area contributed by atoms with Crippen LogP contribution in [-0.2, 0) is 0 Å². The zero-order chi connectivity index (χ0) is 27.8. The molecule has 0 radical (unpaired) electrons. The lowest BCUT2D eigenvalue weighted by Gasteiger charge is -2.37. The summed E-state index contributed by atoms with van der Waals surface area (Å²) in [5.74, 6) is 0.110. The predicted octanol–water partition coefficient (Wildman–Crippen LogP) is 3.49. The van der Waals surface area contributed by atoms with E-state index in [0.717, 1.165) is 0 Å². The SMILES string of the molecule is Nc1ncccc1-c1nc2ccc(-c3cccc(F)c3)nc2n1N1CCN(C(=O)c2ccc(O)c(C=O)c2)CC1. The fraction of sp³-hybridized carbons (Fsp3) is 0.138. The number of pyridine rings is 2. The number of fused-ring (bicyclic) bond motifs is 1. The van der Waals surface area contributed by atoms with Gasteiger partial charge in [-0.15, -0.1) is 0 Å². The molecule has 0 unspecified atom stereocenters. The van der Waals surface area contributed by atoms with Gasteiger partial charge in [0.25, 0.3) is 5.91 Å². The van der Waals surface area contributed by atoms with E-state index in [1.165, 1.54) is 30.3 Å². The number of nitrogens with two attached hydrogens (primary N) is 1. The minimum Gasteiger partial charge on any atom is -0.507 e. The first-order chi connectivity index (χ1) is 19.4. The Hall–Kier alpha value is -5.32. The van der Waals surface area contributed by atoms with Gasteiger partial charge in [-0.05, 0) is 54.6 Å². The summed E-state index contributed by atoms with van der Waals surface area (Å²) in [6.07, 6.45) is 2.13. The molecule has 11 heteroatoms. The molecule has 4 heterocycles. The summed E-state index contributed by atoms with van der Waals surface area (Å²) < 4.78 is 15.8. The van der Waals surface area contributed by atoms with Crippen LogP contribution < -0.4 is 10.7 Å². The van der Waals surface area contributed by atoms with Crippen LogP contribution in [0.5, 0.6) is 5.75 Å². The van der Waals surface area contributed by atoms with Crippen molar-refractivity contribution in [3.63, 3.8) is 0 Å². The fourth-order valence-corrected chi connectivity index (χ4v) is 4.87. The maximum atomic E-state index is 14.0. The van der Waals surface area contributed by atoms with Crippen molar-refractivity contribution in [3.8, 4) is 28.4 Å². The Morgan fingerprint density at radius 3 is 2.55 bits per heavy atom. The summed E-state index contributed by atoms with van der Waals surface area (Å²) in [5.41, 5.74) is 9.67. The highest BCUT2D eigenvalue weighted by molar-refractivity contribution is 5.96. The number of carbonyl (C=O) groups is 2. The first-order valence-electron chi connectivity index (χ1n) is 12.6. The highest BCUT2D eigenvalue weighted by Crippen LogP contribution is 2.30. The number of imidazole rings is 1. The molecule has 10 nitrogen and oxygen atoms in total. The molecule has 0 saturated carbocycles. The Balaban J connectivity index is 1.36. The van der Waals surface area contributed by atoms with Crippen molar-refractivity contribution >= 4 is 29.2 Å². The lowest BCUT2D eigenvalue weighted by molar-refractivity contribution is 0.0739. The number of halogens is 1. The number of nitrogen functional groups attached to an aromatic ring is 1. The van der Waals surface area contributed by atoms with Gasteiger partial charge in [-0.2, -0.15) is 0 Å². The molecule has 1 fully saturated rings. The van der Waals surface area contributed by atoms with Gasteiger partial charge in [-0.3, -0.25) is 9.59 Å². The normalized spacial score (nSPS) is 13.5. The monoisotopic (exact) mass is 537 g/mol. The van der Waals surface area contributed by atoms with Crippen molar-refractivity contribution in [2.45, 2.75) is 0 Å². The van der Waals surface area contributed by atoms with E-state index in [1.807, 2.05) is 21.8 Å². The first-order valence-corrected chi connectivity index (χ1v) is 12.6. The van der Waals surface area contributed by atoms with Crippen LogP contribution in [-0.4, -0.2) is 68.0 Å². The third-order valence-electron chi connectivity index (χ3n) is 6.91. The highest BCUT2D eigenvalue weighted by atomic mass is 19.1. The summed E-state index contributed by atoms with van der Waals surface area (Å²) in [4.78, 5) is 40.0. The topological polar surface area (TPSA) is 130 Å². The molecule has 1 saturated heterocycles. The molecule has 3 N–H and O–H groups in total. The Labute approximate surface area is 228 Å². The zero-order valence-corrected chi connectivity index (χ0v) is 21.2. The third-order valence-corrected chi connectivity index (χ3v) is 6.91. The van der Waals surface area contributed by atoms with E-state index >= 15 is 0 Å². The van der Waals surface area contributed by atoms with Crippen LogP contribution in [0.3, 0.4) is 0 Å². The molecule has 1 aliphatic rings. The maximum Gasteiger partial charge on any atom is 0.254 e. The second kappa shape index (κ2) is 10.1. The van der Waals surface area contributed by atoms with Gasteiger partial charge in [0, 0.05) is 30.4 Å². The molecule has 0 spiro atoms. The summed E-state index contributed by atoms with van der Waals surface area (Å²) in [5, 5.41) is 11.8. The number of anilines is 1. The maximum absolute atomic E-state index is 14.0. The molecular formula is C29H24FN7O3. The Morgan fingerprint density at radius 1 is 0.975 bits per heavy atom. The standard InChI is InChI=1S/C29H24FN7O3/c30-21-4-1-3-18(16-21)23-7-8-24-28(33-23)37(27(34-24)22-5-2-10-32-26(22)31)36-13-11-35(12-14-36)29(40)19-6-9-25(39)20(15-19)17-38/h1-10,15-17,39H,11-14H2,(H2,31,32). The van der Waals surface area contributed by atoms with Gasteiger partial charge in [0.1, 0.15) is 22.9 Å². The number of phenols is 1. The fourth-order valence-electron chi connectivity index (χ4n) is 4.87. The molecule has 1 amide bonds. The molecule has 200 valence electrons. The molecule has 2 aromatic carbocycles. The van der Waals surface area contributed by atoms with Crippen LogP contribution in [0.2, 0.25) is 0 Å². The average Bonchev–Trinajstić information content (AvgIpc) is 3.36. The second-order valence-corrected chi connectivity index (χ2v) is 9.37. The van der Waals surface area contributed by atoms with Crippen LogP contribution >= 0.6 is 0 Å². The molecule has 0 atom stereocenters. The largest absolute Gasteiger partial charge is 0.507 e. The third kappa shape index (κ3) is 4.47. The number of phenolic OH excluding ortho intramolecular Hbond substituents is 1. The Bertz CT molecular complexity index is 1760.